The maximum atomic E-state index is 12.7. The van der Waals surface area contributed by atoms with Gasteiger partial charge in [-0.05, 0) is 49.6 Å². The molecule has 126 valence electrons. The summed E-state index contributed by atoms with van der Waals surface area (Å²) in [6, 6.07) is 9.55. The van der Waals surface area contributed by atoms with Crippen LogP contribution in [0.5, 0.6) is 0 Å². The molecule has 1 aliphatic heterocycles. The molecule has 1 saturated heterocycles. The SMILES string of the molecule is Cc1ccc(-c2cc(C(=O)N3CCCC3)nn2-c2cccnc2)nc1. The monoisotopic (exact) mass is 333 g/mol. The Kier molecular flexibility index (Phi) is 4.01. The van der Waals surface area contributed by atoms with Crippen LogP contribution in [-0.2, 0) is 0 Å². The summed E-state index contributed by atoms with van der Waals surface area (Å²) in [5.74, 6) is -0.0199. The van der Waals surface area contributed by atoms with Crippen molar-refractivity contribution in [3.8, 4) is 17.1 Å². The number of amides is 1. The number of hydrogen-bond acceptors (Lipinski definition) is 4. The topological polar surface area (TPSA) is 63.9 Å². The van der Waals surface area contributed by atoms with Gasteiger partial charge in [0, 0.05) is 25.5 Å². The zero-order valence-electron chi connectivity index (χ0n) is 14.1. The standard InChI is InChI=1S/C19H19N5O/c1-14-6-7-16(21-12-14)18-11-17(19(25)23-9-2-3-10-23)22-24(18)15-5-4-8-20-13-15/h4-8,11-13H,2-3,9-10H2,1H3. The lowest BCUT2D eigenvalue weighted by molar-refractivity contribution is 0.0786. The summed E-state index contributed by atoms with van der Waals surface area (Å²) in [4.78, 5) is 23.3. The summed E-state index contributed by atoms with van der Waals surface area (Å²) >= 11 is 0. The Balaban J connectivity index is 1.80. The summed E-state index contributed by atoms with van der Waals surface area (Å²) in [6.07, 6.45) is 7.38. The lowest BCUT2D eigenvalue weighted by Crippen LogP contribution is -2.28. The first kappa shape index (κ1) is 15.5. The second-order valence-electron chi connectivity index (χ2n) is 6.26. The number of aromatic nitrogens is 4. The van der Waals surface area contributed by atoms with Crippen molar-refractivity contribution in [3.05, 3.63) is 60.2 Å². The van der Waals surface area contributed by atoms with Gasteiger partial charge in [0.1, 0.15) is 0 Å². The summed E-state index contributed by atoms with van der Waals surface area (Å²) < 4.78 is 1.74. The lowest BCUT2D eigenvalue weighted by atomic mass is 10.2. The normalized spacial score (nSPS) is 14.0. The summed E-state index contributed by atoms with van der Waals surface area (Å²) in [5.41, 5.74) is 3.91. The van der Waals surface area contributed by atoms with Gasteiger partial charge < -0.3 is 4.90 Å². The zero-order chi connectivity index (χ0) is 17.2. The molecule has 0 aliphatic carbocycles. The van der Waals surface area contributed by atoms with Crippen LogP contribution in [-0.4, -0.2) is 43.6 Å². The van der Waals surface area contributed by atoms with Crippen molar-refractivity contribution in [1.29, 1.82) is 0 Å². The quantitative estimate of drug-likeness (QED) is 0.739. The zero-order valence-corrected chi connectivity index (χ0v) is 14.1. The van der Waals surface area contributed by atoms with Crippen molar-refractivity contribution in [2.45, 2.75) is 19.8 Å². The number of aryl methyl sites for hydroxylation is 1. The Hall–Kier alpha value is -3.02. The average molecular weight is 333 g/mol. The number of rotatable bonds is 3. The van der Waals surface area contributed by atoms with E-state index in [1.54, 1.807) is 17.1 Å². The molecule has 0 atom stereocenters. The molecule has 1 fully saturated rings. The Morgan fingerprint density at radius 1 is 1.12 bits per heavy atom. The largest absolute Gasteiger partial charge is 0.337 e. The fourth-order valence-corrected chi connectivity index (χ4v) is 3.05. The van der Waals surface area contributed by atoms with Gasteiger partial charge in [0.25, 0.3) is 5.91 Å². The third-order valence-corrected chi connectivity index (χ3v) is 4.39. The molecule has 0 bridgehead atoms. The fraction of sp³-hybridized carbons (Fsp3) is 0.263. The van der Waals surface area contributed by atoms with Gasteiger partial charge >= 0.3 is 0 Å². The van der Waals surface area contributed by atoms with Crippen molar-refractivity contribution in [3.63, 3.8) is 0 Å². The average Bonchev–Trinajstić information content (AvgIpc) is 3.33. The van der Waals surface area contributed by atoms with Gasteiger partial charge in [-0.1, -0.05) is 6.07 Å². The molecule has 3 aromatic heterocycles. The first-order valence-corrected chi connectivity index (χ1v) is 8.45. The van der Waals surface area contributed by atoms with Gasteiger partial charge in [-0.15, -0.1) is 0 Å². The number of carbonyl (C=O) groups is 1. The van der Waals surface area contributed by atoms with Crippen molar-refractivity contribution in [2.24, 2.45) is 0 Å². The maximum absolute atomic E-state index is 12.7. The second kappa shape index (κ2) is 6.47. The smallest absolute Gasteiger partial charge is 0.274 e. The molecule has 4 rings (SSSR count). The molecular formula is C19H19N5O. The lowest BCUT2D eigenvalue weighted by Gasteiger charge is -2.12. The van der Waals surface area contributed by atoms with Crippen LogP contribution in [0.1, 0.15) is 28.9 Å². The third-order valence-electron chi connectivity index (χ3n) is 4.39. The Morgan fingerprint density at radius 3 is 2.64 bits per heavy atom. The number of hydrogen-bond donors (Lipinski definition) is 0. The van der Waals surface area contributed by atoms with Gasteiger partial charge in [-0.2, -0.15) is 5.10 Å². The molecule has 0 spiro atoms. The van der Waals surface area contributed by atoms with Crippen LogP contribution in [0, 0.1) is 6.92 Å². The Morgan fingerprint density at radius 2 is 1.96 bits per heavy atom. The minimum atomic E-state index is -0.0199. The number of pyridine rings is 2. The van der Waals surface area contributed by atoms with Crippen molar-refractivity contribution in [2.75, 3.05) is 13.1 Å². The molecule has 6 nitrogen and oxygen atoms in total. The van der Waals surface area contributed by atoms with Crippen LogP contribution >= 0.6 is 0 Å². The summed E-state index contributed by atoms with van der Waals surface area (Å²) in [7, 11) is 0. The Labute approximate surface area is 146 Å². The predicted octanol–water partition coefficient (Wildman–Crippen LogP) is 2.87. The molecule has 3 aromatic rings. The Bertz CT molecular complexity index is 880. The van der Waals surface area contributed by atoms with E-state index < -0.39 is 0 Å². The van der Waals surface area contributed by atoms with E-state index in [0.29, 0.717) is 5.69 Å². The number of nitrogens with zero attached hydrogens (tertiary/aromatic N) is 5. The van der Waals surface area contributed by atoms with E-state index in [-0.39, 0.29) is 5.91 Å². The van der Waals surface area contributed by atoms with Gasteiger partial charge in [0.05, 0.1) is 23.3 Å². The van der Waals surface area contributed by atoms with E-state index in [2.05, 4.69) is 15.1 Å². The molecule has 0 unspecified atom stereocenters. The molecule has 0 radical (unpaired) electrons. The van der Waals surface area contributed by atoms with Crippen LogP contribution in [0.15, 0.2) is 48.9 Å². The molecule has 1 aliphatic rings. The van der Waals surface area contributed by atoms with E-state index in [9.17, 15) is 4.79 Å². The first-order valence-electron chi connectivity index (χ1n) is 8.45. The maximum Gasteiger partial charge on any atom is 0.274 e. The van der Waals surface area contributed by atoms with Crippen LogP contribution in [0.3, 0.4) is 0 Å². The molecule has 1 amide bonds. The third kappa shape index (κ3) is 3.03. The summed E-state index contributed by atoms with van der Waals surface area (Å²) in [6.45, 7) is 3.60. The van der Waals surface area contributed by atoms with Gasteiger partial charge in [0.15, 0.2) is 5.69 Å². The highest BCUT2D eigenvalue weighted by Crippen LogP contribution is 2.23. The predicted molar refractivity (Wildman–Crippen MR) is 94.5 cm³/mol. The van der Waals surface area contributed by atoms with E-state index in [4.69, 9.17) is 0 Å². The van der Waals surface area contributed by atoms with Crippen LogP contribution in [0.25, 0.3) is 17.1 Å². The molecule has 25 heavy (non-hydrogen) atoms. The molecule has 0 aromatic carbocycles. The van der Waals surface area contributed by atoms with Gasteiger partial charge in [0.2, 0.25) is 0 Å². The van der Waals surface area contributed by atoms with Crippen molar-refractivity contribution < 1.29 is 4.79 Å². The van der Waals surface area contributed by atoms with Crippen LogP contribution in [0.2, 0.25) is 0 Å². The van der Waals surface area contributed by atoms with E-state index in [1.807, 2.05) is 48.4 Å². The first-order chi connectivity index (χ1) is 12.2. The minimum Gasteiger partial charge on any atom is -0.337 e. The molecule has 0 N–H and O–H groups in total. The highest BCUT2D eigenvalue weighted by Gasteiger charge is 2.24. The second-order valence-corrected chi connectivity index (χ2v) is 6.26. The van der Waals surface area contributed by atoms with Crippen molar-refractivity contribution >= 4 is 5.91 Å². The number of likely N-dealkylation sites (tertiary alicyclic amines) is 1. The molecule has 0 saturated carbocycles. The highest BCUT2D eigenvalue weighted by molar-refractivity contribution is 5.93. The van der Waals surface area contributed by atoms with Gasteiger partial charge in [-0.3, -0.25) is 14.8 Å². The van der Waals surface area contributed by atoms with Crippen molar-refractivity contribution in [1.82, 2.24) is 24.6 Å². The van der Waals surface area contributed by atoms with Crippen LogP contribution < -0.4 is 0 Å². The summed E-state index contributed by atoms with van der Waals surface area (Å²) in [5, 5.41) is 4.57. The van der Waals surface area contributed by atoms with Gasteiger partial charge in [-0.25, -0.2) is 4.68 Å². The molecule has 6 heteroatoms. The molecule has 4 heterocycles. The van der Waals surface area contributed by atoms with E-state index in [1.165, 1.54) is 0 Å². The minimum absolute atomic E-state index is 0.0199. The van der Waals surface area contributed by atoms with E-state index >= 15 is 0 Å². The molecular weight excluding hydrogens is 314 g/mol. The van der Waals surface area contributed by atoms with Crippen LogP contribution in [0.4, 0.5) is 0 Å². The number of carbonyl (C=O) groups excluding carboxylic acids is 1. The van der Waals surface area contributed by atoms with E-state index in [0.717, 1.165) is 48.6 Å². The highest BCUT2D eigenvalue weighted by atomic mass is 16.2. The fourth-order valence-electron chi connectivity index (χ4n) is 3.05.